The van der Waals surface area contributed by atoms with Gasteiger partial charge < -0.3 is 25.0 Å². The van der Waals surface area contributed by atoms with E-state index in [9.17, 15) is 19.2 Å². The SMILES string of the molecule is CCCCN(C(=O)C(CC(C)C)NC(=O)OC(C)(C)C)C(C(=O)NCCC(=O)OCC)c1cc(C)cc(C)c1. The van der Waals surface area contributed by atoms with E-state index in [0.29, 0.717) is 24.9 Å². The molecular formula is C30H49N3O6. The van der Waals surface area contributed by atoms with Gasteiger partial charge in [-0.3, -0.25) is 14.4 Å². The minimum absolute atomic E-state index is 0.0260. The van der Waals surface area contributed by atoms with Gasteiger partial charge in [-0.2, -0.15) is 0 Å². The van der Waals surface area contributed by atoms with Gasteiger partial charge in [0.05, 0.1) is 13.0 Å². The number of benzene rings is 1. The van der Waals surface area contributed by atoms with Crippen molar-refractivity contribution >= 4 is 23.9 Å². The Morgan fingerprint density at radius 2 is 1.62 bits per heavy atom. The fraction of sp³-hybridized carbons (Fsp3) is 0.667. The van der Waals surface area contributed by atoms with Crippen LogP contribution in [-0.2, 0) is 23.9 Å². The van der Waals surface area contributed by atoms with E-state index in [-0.39, 0.29) is 31.4 Å². The molecule has 3 amide bonds. The summed E-state index contributed by atoms with van der Waals surface area (Å²) < 4.78 is 10.4. The summed E-state index contributed by atoms with van der Waals surface area (Å²) in [5, 5.41) is 5.58. The third-order valence-electron chi connectivity index (χ3n) is 5.79. The maximum absolute atomic E-state index is 14.1. The van der Waals surface area contributed by atoms with Crippen molar-refractivity contribution in [2.45, 2.75) is 106 Å². The minimum Gasteiger partial charge on any atom is -0.466 e. The van der Waals surface area contributed by atoms with Crippen LogP contribution in [-0.4, -0.2) is 60.1 Å². The van der Waals surface area contributed by atoms with E-state index in [1.165, 1.54) is 0 Å². The van der Waals surface area contributed by atoms with Gasteiger partial charge in [0, 0.05) is 13.1 Å². The summed E-state index contributed by atoms with van der Waals surface area (Å²) in [6.45, 7) is 17.5. The van der Waals surface area contributed by atoms with E-state index in [0.717, 1.165) is 17.5 Å². The Hall–Kier alpha value is -3.10. The number of esters is 1. The number of nitrogens with zero attached hydrogens (tertiary/aromatic N) is 1. The molecule has 1 aromatic rings. The van der Waals surface area contributed by atoms with E-state index >= 15 is 0 Å². The third kappa shape index (κ3) is 12.5. The molecule has 2 N–H and O–H groups in total. The molecule has 1 rings (SSSR count). The molecule has 0 heterocycles. The number of hydrogen-bond donors (Lipinski definition) is 2. The van der Waals surface area contributed by atoms with Crippen molar-refractivity contribution in [2.75, 3.05) is 19.7 Å². The number of carbonyl (C=O) groups excluding carboxylic acids is 4. The Bertz CT molecular complexity index is 950. The number of aryl methyl sites for hydroxylation is 2. The zero-order valence-corrected chi connectivity index (χ0v) is 25.3. The van der Waals surface area contributed by atoms with Gasteiger partial charge in [-0.05, 0) is 65.9 Å². The molecule has 0 aliphatic rings. The predicted octanol–water partition coefficient (Wildman–Crippen LogP) is 4.98. The van der Waals surface area contributed by atoms with Crippen molar-refractivity contribution < 1.29 is 28.7 Å². The molecule has 2 atom stereocenters. The molecule has 0 saturated heterocycles. The highest BCUT2D eigenvalue weighted by Gasteiger charge is 2.36. The van der Waals surface area contributed by atoms with E-state index in [1.807, 2.05) is 52.8 Å². The summed E-state index contributed by atoms with van der Waals surface area (Å²) in [6.07, 6.45) is 1.20. The molecular weight excluding hydrogens is 498 g/mol. The first kappa shape index (κ1) is 33.9. The molecule has 0 bridgehead atoms. The Morgan fingerprint density at radius 1 is 1.00 bits per heavy atom. The van der Waals surface area contributed by atoms with Crippen molar-refractivity contribution in [1.82, 2.24) is 15.5 Å². The van der Waals surface area contributed by atoms with Crippen LogP contribution in [0.5, 0.6) is 0 Å². The lowest BCUT2D eigenvalue weighted by molar-refractivity contribution is -0.144. The molecule has 1 aromatic carbocycles. The number of amides is 3. The minimum atomic E-state index is -0.944. The maximum Gasteiger partial charge on any atom is 0.408 e. The molecule has 0 aliphatic heterocycles. The van der Waals surface area contributed by atoms with Crippen LogP contribution in [0.25, 0.3) is 0 Å². The van der Waals surface area contributed by atoms with Gasteiger partial charge in [-0.1, -0.05) is 56.5 Å². The highest BCUT2D eigenvalue weighted by atomic mass is 16.6. The molecule has 0 aromatic heterocycles. The summed E-state index contributed by atoms with van der Waals surface area (Å²) in [6, 6.07) is 3.97. The van der Waals surface area contributed by atoms with Crippen LogP contribution < -0.4 is 10.6 Å². The maximum atomic E-state index is 14.1. The monoisotopic (exact) mass is 547 g/mol. The molecule has 0 aliphatic carbocycles. The molecule has 9 heteroatoms. The standard InChI is InChI=1S/C30H49N3O6/c1-10-12-15-33(28(36)24(16-20(3)4)32-29(37)39-30(7,8)9)26(23-18-21(5)17-22(6)19-23)27(35)31-14-13-25(34)38-11-2/h17-20,24,26H,10-16H2,1-9H3,(H,31,35)(H,32,37). The Labute approximate surface area is 234 Å². The van der Waals surface area contributed by atoms with Crippen LogP contribution in [0.3, 0.4) is 0 Å². The summed E-state index contributed by atoms with van der Waals surface area (Å²) >= 11 is 0. The number of ether oxygens (including phenoxy) is 2. The van der Waals surface area contributed by atoms with Gasteiger partial charge in [0.25, 0.3) is 0 Å². The molecule has 220 valence electrons. The number of rotatable bonds is 14. The van der Waals surface area contributed by atoms with Gasteiger partial charge in [0.2, 0.25) is 11.8 Å². The topological polar surface area (TPSA) is 114 Å². The summed E-state index contributed by atoms with van der Waals surface area (Å²) in [7, 11) is 0. The highest BCUT2D eigenvalue weighted by Crippen LogP contribution is 2.26. The van der Waals surface area contributed by atoms with Crippen molar-refractivity contribution in [1.29, 1.82) is 0 Å². The van der Waals surface area contributed by atoms with Crippen LogP contribution in [0.2, 0.25) is 0 Å². The van der Waals surface area contributed by atoms with Crippen LogP contribution >= 0.6 is 0 Å². The molecule has 39 heavy (non-hydrogen) atoms. The van der Waals surface area contributed by atoms with Gasteiger partial charge in [0.15, 0.2) is 0 Å². The number of unbranched alkanes of at least 4 members (excludes halogenated alkanes) is 1. The Kier molecular flexibility index (Phi) is 14.0. The van der Waals surface area contributed by atoms with Gasteiger partial charge in [-0.25, -0.2) is 4.79 Å². The first-order chi connectivity index (χ1) is 18.2. The quantitative estimate of drug-likeness (QED) is 0.318. The summed E-state index contributed by atoms with van der Waals surface area (Å²) in [5.41, 5.74) is 1.87. The second-order valence-corrected chi connectivity index (χ2v) is 11.4. The Balaban J connectivity index is 3.46. The number of carbonyl (C=O) groups is 4. The Morgan fingerprint density at radius 3 is 2.13 bits per heavy atom. The second-order valence-electron chi connectivity index (χ2n) is 11.4. The van der Waals surface area contributed by atoms with E-state index in [1.54, 1.807) is 32.6 Å². The largest absolute Gasteiger partial charge is 0.466 e. The molecule has 9 nitrogen and oxygen atoms in total. The van der Waals surface area contributed by atoms with Crippen LogP contribution in [0, 0.1) is 19.8 Å². The van der Waals surface area contributed by atoms with Crippen LogP contribution in [0.4, 0.5) is 4.79 Å². The molecule has 0 fully saturated rings. The van der Waals surface area contributed by atoms with Crippen molar-refractivity contribution in [3.63, 3.8) is 0 Å². The molecule has 0 saturated carbocycles. The first-order valence-electron chi connectivity index (χ1n) is 14.0. The number of nitrogens with one attached hydrogen (secondary N) is 2. The van der Waals surface area contributed by atoms with Gasteiger partial charge in [-0.15, -0.1) is 0 Å². The van der Waals surface area contributed by atoms with Crippen LogP contribution in [0.15, 0.2) is 18.2 Å². The molecule has 2 unspecified atom stereocenters. The second kappa shape index (κ2) is 16.1. The molecule has 0 spiro atoms. The average Bonchev–Trinajstić information content (AvgIpc) is 2.78. The fourth-order valence-corrected chi connectivity index (χ4v) is 4.30. The smallest absolute Gasteiger partial charge is 0.408 e. The molecule has 0 radical (unpaired) electrons. The lowest BCUT2D eigenvalue weighted by atomic mass is 9.96. The fourth-order valence-electron chi connectivity index (χ4n) is 4.30. The number of alkyl carbamates (subject to hydrolysis) is 1. The predicted molar refractivity (Wildman–Crippen MR) is 152 cm³/mol. The van der Waals surface area contributed by atoms with E-state index in [4.69, 9.17) is 9.47 Å². The highest BCUT2D eigenvalue weighted by molar-refractivity contribution is 5.92. The zero-order valence-electron chi connectivity index (χ0n) is 25.3. The normalized spacial score (nSPS) is 12.9. The first-order valence-corrected chi connectivity index (χ1v) is 14.0. The van der Waals surface area contributed by atoms with Gasteiger partial charge in [0.1, 0.15) is 17.7 Å². The van der Waals surface area contributed by atoms with Crippen molar-refractivity contribution in [3.05, 3.63) is 34.9 Å². The zero-order chi connectivity index (χ0) is 29.8. The van der Waals surface area contributed by atoms with Crippen molar-refractivity contribution in [3.8, 4) is 0 Å². The lowest BCUT2D eigenvalue weighted by Crippen LogP contribution is -2.53. The summed E-state index contributed by atoms with van der Waals surface area (Å²) in [5.74, 6) is -1.06. The third-order valence-corrected chi connectivity index (χ3v) is 5.79. The van der Waals surface area contributed by atoms with Gasteiger partial charge >= 0.3 is 12.1 Å². The van der Waals surface area contributed by atoms with E-state index < -0.39 is 35.7 Å². The van der Waals surface area contributed by atoms with Crippen molar-refractivity contribution in [2.24, 2.45) is 5.92 Å². The number of hydrogen-bond acceptors (Lipinski definition) is 6. The van der Waals surface area contributed by atoms with Crippen LogP contribution in [0.1, 0.15) is 96.9 Å². The lowest BCUT2D eigenvalue weighted by Gasteiger charge is -2.35. The summed E-state index contributed by atoms with van der Waals surface area (Å²) in [4.78, 5) is 53.9. The average molecular weight is 548 g/mol. The van der Waals surface area contributed by atoms with E-state index in [2.05, 4.69) is 10.6 Å².